The Bertz CT molecular complexity index is 4650. The first-order valence-corrected chi connectivity index (χ1v) is 33.7. The van der Waals surface area contributed by atoms with Crippen LogP contribution in [0.3, 0.4) is 0 Å². The highest BCUT2D eigenvalue weighted by Gasteiger charge is 2.62. The van der Waals surface area contributed by atoms with Crippen molar-refractivity contribution in [3.05, 3.63) is 268 Å². The van der Waals surface area contributed by atoms with Crippen LogP contribution < -0.4 is 5.48 Å². The van der Waals surface area contributed by atoms with Crippen molar-refractivity contribution in [2.45, 2.75) is 149 Å². The SMILES string of the molecule is CC1(C)c2oncc2C[C@]2(C)c3nn(-c4ccccc4)c(-c4ccccc4)c3CC[C@@H]12.CNO.[3H]C.[C-]#[N+]C1=C[C@]2(C)c3nn(-c4ccccc4)c(-c4ccccc4)c3CC[C@H]2C(C)(C)C1=O.[C-]#[N+]C1C[C@]2(C)c3nn(-c4ccccc4)c(-c4ccccc4)c3CC[C@H]2C(C)(C)C1=O. The lowest BCUT2D eigenvalue weighted by molar-refractivity contribution is -0.137. The Kier molecular flexibility index (Phi) is 17.6. The molecule has 6 aliphatic carbocycles. The zero-order valence-electron chi connectivity index (χ0n) is 58.6. The Morgan fingerprint density at radius 2 is 0.907 bits per heavy atom. The Labute approximate surface area is 572 Å². The van der Waals surface area contributed by atoms with Gasteiger partial charge in [-0.25, -0.2) is 30.9 Å². The lowest BCUT2D eigenvalue weighted by atomic mass is 9.50. The average molecular weight is 1290 g/mol. The molecule has 16 rings (SSSR count). The van der Waals surface area contributed by atoms with Gasteiger partial charge in [0.2, 0.25) is 11.5 Å². The van der Waals surface area contributed by atoms with Gasteiger partial charge in [-0.3, -0.25) is 4.79 Å². The molecule has 0 bridgehead atoms. The molecular formula is C83H88N10O4. The van der Waals surface area contributed by atoms with E-state index in [0.717, 1.165) is 102 Å². The predicted molar refractivity (Wildman–Crippen MR) is 383 cm³/mol. The van der Waals surface area contributed by atoms with Crippen molar-refractivity contribution in [2.75, 3.05) is 7.05 Å². The zero-order chi connectivity index (χ0) is 69.5. The molecule has 0 spiro atoms. The molecule has 14 heteroatoms. The van der Waals surface area contributed by atoms with Crippen LogP contribution in [0, 0.1) is 41.7 Å². The van der Waals surface area contributed by atoms with Crippen LogP contribution in [0.1, 0.15) is 142 Å². The predicted octanol–water partition coefficient (Wildman–Crippen LogP) is 17.5. The molecule has 6 aromatic carbocycles. The van der Waals surface area contributed by atoms with Gasteiger partial charge in [0.1, 0.15) is 5.76 Å². The highest BCUT2D eigenvalue weighted by molar-refractivity contribution is 6.03. The quantitative estimate of drug-likeness (QED) is 0.122. The van der Waals surface area contributed by atoms with Gasteiger partial charge in [0.25, 0.3) is 6.04 Å². The lowest BCUT2D eigenvalue weighted by Crippen LogP contribution is -2.56. The minimum atomic E-state index is -0.593. The number of benzene rings is 6. The largest absolute Gasteiger partial charge is 0.361 e. The summed E-state index contributed by atoms with van der Waals surface area (Å²) in [5, 5.41) is 27.2. The number of hydroxylamine groups is 1. The van der Waals surface area contributed by atoms with E-state index in [2.05, 4.69) is 192 Å². The monoisotopic (exact) mass is 1290 g/mol. The third-order valence-electron chi connectivity index (χ3n) is 22.5. The van der Waals surface area contributed by atoms with Crippen LogP contribution in [0.4, 0.5) is 0 Å². The van der Waals surface area contributed by atoms with Crippen LogP contribution in [-0.4, -0.2) is 64.4 Å². The Balaban J connectivity index is 0.000000135. The lowest BCUT2D eigenvalue weighted by Gasteiger charge is -2.51. The molecule has 4 heterocycles. The summed E-state index contributed by atoms with van der Waals surface area (Å²) in [5.41, 5.74) is 18.5. The van der Waals surface area contributed by atoms with E-state index in [-0.39, 0.29) is 45.3 Å². The van der Waals surface area contributed by atoms with Crippen LogP contribution in [-0.2, 0) is 56.9 Å². The number of carbonyl (C=O) groups is 2. The zero-order valence-corrected chi connectivity index (χ0v) is 57.6. The van der Waals surface area contributed by atoms with E-state index in [1.165, 1.54) is 53.7 Å². The van der Waals surface area contributed by atoms with Gasteiger partial charge in [-0.1, -0.05) is 227 Å². The topological polar surface area (TPSA) is 155 Å². The molecule has 0 aliphatic heterocycles. The number of rotatable bonds is 6. The van der Waals surface area contributed by atoms with Gasteiger partial charge in [-0.15, -0.1) is 0 Å². The minimum Gasteiger partial charge on any atom is -0.361 e. The smallest absolute Gasteiger partial charge is 0.282 e. The maximum absolute atomic E-state index is 13.1. The van der Waals surface area contributed by atoms with Crippen LogP contribution in [0.25, 0.3) is 60.5 Å². The van der Waals surface area contributed by atoms with Crippen LogP contribution in [0.15, 0.2) is 204 Å². The first-order valence-electron chi connectivity index (χ1n) is 34.7. The molecule has 1 unspecified atom stereocenters. The summed E-state index contributed by atoms with van der Waals surface area (Å²) in [6.07, 6.45) is 11.0. The fourth-order valence-electron chi connectivity index (χ4n) is 18.3. The van der Waals surface area contributed by atoms with Crippen molar-refractivity contribution >= 4 is 11.6 Å². The summed E-state index contributed by atoms with van der Waals surface area (Å²) in [6, 6.07) is 61.9. The fraction of sp³-hybridized carbons (Fsp3) is 0.349. The number of carbonyl (C=O) groups excluding carboxylic acids is 2. The molecule has 14 nitrogen and oxygen atoms in total. The highest BCUT2D eigenvalue weighted by Crippen LogP contribution is 2.60. The van der Waals surface area contributed by atoms with E-state index in [1.807, 2.05) is 93.2 Å². The van der Waals surface area contributed by atoms with Gasteiger partial charge in [0.05, 0.1) is 64.0 Å². The molecule has 7 atom stereocenters. The second-order valence-electron chi connectivity index (χ2n) is 29.2. The van der Waals surface area contributed by atoms with Crippen LogP contribution >= 0.6 is 0 Å². The number of hydrogen-bond donors (Lipinski definition) is 2. The van der Waals surface area contributed by atoms with E-state index in [9.17, 15) is 9.59 Å². The molecular weight excluding hydrogens is 1200 g/mol. The summed E-state index contributed by atoms with van der Waals surface area (Å²) >= 11 is 0. The second kappa shape index (κ2) is 25.9. The maximum Gasteiger partial charge on any atom is 0.282 e. The number of ketones is 2. The molecule has 2 N–H and O–H groups in total. The Hall–Kier alpha value is -9.86. The molecule has 1 fully saturated rings. The number of hydrogen-bond acceptors (Lipinski definition) is 9. The third-order valence-corrected chi connectivity index (χ3v) is 22.5. The van der Waals surface area contributed by atoms with Gasteiger partial charge < -0.3 is 19.4 Å². The second-order valence-corrected chi connectivity index (χ2v) is 29.2. The molecule has 97 heavy (non-hydrogen) atoms. The van der Waals surface area contributed by atoms with Crippen molar-refractivity contribution in [1.29, 1.82) is 0 Å². The van der Waals surface area contributed by atoms with E-state index in [0.29, 0.717) is 12.3 Å². The summed E-state index contributed by atoms with van der Waals surface area (Å²) in [4.78, 5) is 33.4. The molecule has 4 aromatic heterocycles. The van der Waals surface area contributed by atoms with E-state index >= 15 is 0 Å². The molecule has 0 amide bonds. The molecule has 494 valence electrons. The standard InChI is InChI=1S/2C27H27N3O.C27H25N3O.CH5NO.CH4/c1-26(2)22-15-14-21-23(18-10-6-4-7-11-18)30(20-12-8-5-9-13-20)29-24(21)27(22,3)16-19-17-28-31-25(19)26;2*1-26(2)22-16-15-20-23(18-11-7-5-8-12-18)30(19-13-9-6-10-14-19)29-24(20)27(22,3)17-21(28-4)25(26)31;1-2-3;/h4-13,17,22H,14-16H2,1-3H3;5-14,21-22H,15-17H2,1-3H3;5-14,17,22H,15-16H2,1-3H3;2-3H,1H3;1H4/t22-,27-;21?,22-,27-;22-,27-;;/m000../s1/i;;;;1T. The number of allylic oxidation sites excluding steroid dienone is 2. The highest BCUT2D eigenvalue weighted by atomic mass is 16.5. The average Bonchev–Trinajstić information content (AvgIpc) is 1.45. The Morgan fingerprint density at radius 1 is 0.536 bits per heavy atom. The summed E-state index contributed by atoms with van der Waals surface area (Å²) in [7, 11) is 2.68. The number of nitrogens with one attached hydrogen (secondary N) is 1. The minimum absolute atomic E-state index is 0.0424. The summed E-state index contributed by atoms with van der Waals surface area (Å²) in [6.45, 7) is 34.8. The van der Waals surface area contributed by atoms with Crippen molar-refractivity contribution in [2.24, 2.45) is 28.6 Å². The fourth-order valence-corrected chi connectivity index (χ4v) is 18.3. The molecule has 0 radical (unpaired) electrons. The van der Waals surface area contributed by atoms with Crippen LogP contribution in [0.2, 0.25) is 0 Å². The van der Waals surface area contributed by atoms with Crippen molar-refractivity contribution < 1.29 is 20.7 Å². The molecule has 0 saturated heterocycles. The van der Waals surface area contributed by atoms with E-state index < -0.39 is 22.3 Å². The van der Waals surface area contributed by atoms with Crippen molar-refractivity contribution in [1.82, 2.24) is 40.0 Å². The van der Waals surface area contributed by atoms with E-state index in [4.69, 9.17) is 39.5 Å². The van der Waals surface area contributed by atoms with Crippen LogP contribution in [0.5, 0.6) is 0 Å². The van der Waals surface area contributed by atoms with Gasteiger partial charge in [-0.05, 0) is 99.1 Å². The molecule has 10 aromatic rings. The summed E-state index contributed by atoms with van der Waals surface area (Å²) < 4.78 is 17.8. The Morgan fingerprint density at radius 3 is 1.32 bits per heavy atom. The van der Waals surface area contributed by atoms with Gasteiger partial charge in [0.15, 0.2) is 5.78 Å². The van der Waals surface area contributed by atoms with Gasteiger partial charge >= 0.3 is 0 Å². The van der Waals surface area contributed by atoms with Gasteiger partial charge in [0, 0.05) is 86.3 Å². The first kappa shape index (κ1) is 65.8. The first-order chi connectivity index (χ1) is 47.2. The van der Waals surface area contributed by atoms with E-state index in [1.54, 1.807) is 5.48 Å². The number of aromatic nitrogens is 7. The maximum atomic E-state index is 13.1. The van der Waals surface area contributed by atoms with Crippen molar-refractivity contribution in [3.63, 3.8) is 0 Å². The number of nitrogens with zero attached hydrogens (tertiary/aromatic N) is 9. The number of fused-ring (bicyclic) bond motifs is 10. The van der Waals surface area contributed by atoms with Gasteiger partial charge in [-0.2, -0.15) is 15.3 Å². The third kappa shape index (κ3) is 11.1. The number of Topliss-reactive ketones (excluding diaryl/α,β-unsaturated/α-hetero) is 2. The summed E-state index contributed by atoms with van der Waals surface area (Å²) in [5.74, 6) is 1.85. The molecule has 6 aliphatic rings. The molecule has 1 saturated carbocycles. The normalized spacial score (nSPS) is 24.0. The van der Waals surface area contributed by atoms with Crippen molar-refractivity contribution in [3.8, 4) is 50.8 Å². The number of para-hydroxylation sites is 3.